The Balaban J connectivity index is 1.38. The molecule has 0 spiro atoms. The average molecular weight is 462 g/mol. The number of hydrogen-bond donors (Lipinski definition) is 1. The Hall–Kier alpha value is -3.45. The smallest absolute Gasteiger partial charge is 0.408 e. The summed E-state index contributed by atoms with van der Waals surface area (Å²) in [5, 5.41) is 0. The molecule has 168 valence electrons. The minimum atomic E-state index is -3.24. The highest BCUT2D eigenvalue weighted by Gasteiger charge is 2.50. The number of fused-ring (bicyclic) bond motifs is 1. The molecule has 1 heterocycles. The number of oxazole rings is 1. The number of Topliss-reactive ketones (excluding diaryl/α,β-unsaturated/α-hetero) is 1. The highest BCUT2D eigenvalue weighted by atomic mass is 32.2. The van der Waals surface area contributed by atoms with Crippen LogP contribution < -0.4 is 5.76 Å². The van der Waals surface area contributed by atoms with Crippen LogP contribution in [0.4, 0.5) is 0 Å². The van der Waals surface area contributed by atoms with E-state index >= 15 is 0 Å². The van der Waals surface area contributed by atoms with E-state index in [9.17, 15) is 18.0 Å². The molecule has 4 aromatic rings. The normalized spacial score (nSPS) is 14.9. The maximum Gasteiger partial charge on any atom is 0.417 e. The van der Waals surface area contributed by atoms with Gasteiger partial charge in [-0.05, 0) is 59.4 Å². The number of rotatable bonds is 7. The van der Waals surface area contributed by atoms with Crippen LogP contribution >= 0.6 is 0 Å². The lowest BCUT2D eigenvalue weighted by atomic mass is 9.87. The first-order valence-electron chi connectivity index (χ1n) is 10.9. The first-order chi connectivity index (χ1) is 15.8. The van der Waals surface area contributed by atoms with E-state index < -0.39 is 21.0 Å². The maximum absolute atomic E-state index is 13.3. The van der Waals surface area contributed by atoms with E-state index in [1.807, 2.05) is 36.4 Å². The Bertz CT molecular complexity index is 1520. The van der Waals surface area contributed by atoms with Crippen molar-refractivity contribution in [2.24, 2.45) is 0 Å². The van der Waals surface area contributed by atoms with Gasteiger partial charge in [-0.25, -0.2) is 13.2 Å². The summed E-state index contributed by atoms with van der Waals surface area (Å²) in [7, 11) is -3.24. The maximum atomic E-state index is 13.3. The van der Waals surface area contributed by atoms with Gasteiger partial charge in [0.25, 0.3) is 0 Å². The second kappa shape index (κ2) is 7.85. The van der Waals surface area contributed by atoms with Gasteiger partial charge in [-0.15, -0.1) is 0 Å². The Kier molecular flexibility index (Phi) is 5.09. The Labute approximate surface area is 191 Å². The van der Waals surface area contributed by atoms with Crippen LogP contribution in [-0.2, 0) is 26.5 Å². The van der Waals surface area contributed by atoms with Gasteiger partial charge in [0.15, 0.2) is 15.4 Å². The number of aromatic amines is 1. The third-order valence-electron chi connectivity index (χ3n) is 6.47. The first kappa shape index (κ1) is 21.4. The van der Waals surface area contributed by atoms with Crippen molar-refractivity contribution in [2.75, 3.05) is 5.75 Å². The van der Waals surface area contributed by atoms with E-state index in [0.717, 1.165) is 35.1 Å². The highest BCUT2D eigenvalue weighted by molar-refractivity contribution is 7.91. The number of ketones is 1. The molecular formula is C26H23NO5S. The number of nitrogens with one attached hydrogen (secondary N) is 1. The molecule has 1 saturated carbocycles. The van der Waals surface area contributed by atoms with Crippen LogP contribution in [0.5, 0.6) is 0 Å². The van der Waals surface area contributed by atoms with Crippen molar-refractivity contribution < 1.29 is 17.6 Å². The van der Waals surface area contributed by atoms with E-state index in [2.05, 4.69) is 4.98 Å². The molecule has 0 aliphatic heterocycles. The molecule has 6 nitrogen and oxygen atoms in total. The van der Waals surface area contributed by atoms with Crippen molar-refractivity contribution in [3.8, 4) is 11.1 Å². The quantitative estimate of drug-likeness (QED) is 0.439. The van der Waals surface area contributed by atoms with E-state index in [0.29, 0.717) is 22.4 Å². The van der Waals surface area contributed by atoms with Crippen LogP contribution in [0.2, 0.25) is 0 Å². The third kappa shape index (κ3) is 3.93. The fourth-order valence-electron chi connectivity index (χ4n) is 4.34. The minimum Gasteiger partial charge on any atom is -0.408 e. The summed E-state index contributed by atoms with van der Waals surface area (Å²) < 4.78 is 29.2. The molecular weight excluding hydrogens is 438 g/mol. The van der Waals surface area contributed by atoms with Gasteiger partial charge in [0.05, 0.1) is 21.6 Å². The molecule has 0 bridgehead atoms. The molecule has 5 rings (SSSR count). The fourth-order valence-corrected chi connectivity index (χ4v) is 5.22. The summed E-state index contributed by atoms with van der Waals surface area (Å²) in [6.45, 7) is 1.63. The molecule has 1 aliphatic carbocycles. The van der Waals surface area contributed by atoms with Crippen LogP contribution in [0.25, 0.3) is 22.2 Å². The van der Waals surface area contributed by atoms with Gasteiger partial charge >= 0.3 is 5.76 Å². The average Bonchev–Trinajstić information content (AvgIpc) is 3.55. The first-order valence-corrected chi connectivity index (χ1v) is 12.5. The largest absolute Gasteiger partial charge is 0.417 e. The summed E-state index contributed by atoms with van der Waals surface area (Å²) in [6, 6.07) is 20.1. The molecule has 33 heavy (non-hydrogen) atoms. The number of H-pyrrole nitrogens is 1. The standard InChI is InChI=1S/C26H23NO5S/c1-2-33(30,31)21-9-6-18(7-10-21)19-5-3-4-17(14-19)15-24(28)26(12-13-26)20-8-11-23-22(16-20)27-25(29)32-23/h3-11,14,16H,2,12-13,15H2,1H3,(H,27,29). The van der Waals surface area contributed by atoms with Gasteiger partial charge in [-0.1, -0.05) is 49.4 Å². The second-order valence-corrected chi connectivity index (χ2v) is 10.8. The van der Waals surface area contributed by atoms with Gasteiger partial charge in [0.1, 0.15) is 5.78 Å². The van der Waals surface area contributed by atoms with Crippen molar-refractivity contribution in [1.29, 1.82) is 0 Å². The third-order valence-corrected chi connectivity index (χ3v) is 8.22. The van der Waals surface area contributed by atoms with Gasteiger partial charge in [0.2, 0.25) is 0 Å². The number of carbonyl (C=O) groups excluding carboxylic acids is 1. The zero-order valence-corrected chi connectivity index (χ0v) is 18.9. The zero-order valence-electron chi connectivity index (χ0n) is 18.1. The highest BCUT2D eigenvalue weighted by Crippen LogP contribution is 2.50. The Morgan fingerprint density at radius 1 is 1.00 bits per heavy atom. The van der Waals surface area contributed by atoms with Crippen LogP contribution in [0.3, 0.4) is 0 Å². The molecule has 1 fully saturated rings. The lowest BCUT2D eigenvalue weighted by Gasteiger charge is -2.15. The number of aromatic nitrogens is 1. The van der Waals surface area contributed by atoms with Gasteiger partial charge < -0.3 is 4.42 Å². The summed E-state index contributed by atoms with van der Waals surface area (Å²) in [4.78, 5) is 27.7. The van der Waals surface area contributed by atoms with Crippen molar-refractivity contribution in [3.05, 3.63) is 88.4 Å². The van der Waals surface area contributed by atoms with E-state index in [1.165, 1.54) is 0 Å². The molecule has 7 heteroatoms. The van der Waals surface area contributed by atoms with Crippen LogP contribution in [0.1, 0.15) is 30.9 Å². The molecule has 1 aromatic heterocycles. The zero-order chi connectivity index (χ0) is 23.2. The SMILES string of the molecule is CCS(=O)(=O)c1ccc(-c2cccc(CC(=O)C3(c4ccc5oc(=O)[nH]c5c4)CC3)c2)cc1. The molecule has 0 amide bonds. The van der Waals surface area contributed by atoms with Crippen LogP contribution in [0, 0.1) is 0 Å². The van der Waals surface area contributed by atoms with E-state index in [4.69, 9.17) is 4.42 Å². The minimum absolute atomic E-state index is 0.0648. The van der Waals surface area contributed by atoms with Gasteiger partial charge in [-0.3, -0.25) is 9.78 Å². The number of sulfone groups is 1. The molecule has 0 unspecified atom stereocenters. The molecule has 1 aliphatic rings. The van der Waals surface area contributed by atoms with Crippen LogP contribution in [-0.4, -0.2) is 24.9 Å². The molecule has 0 saturated heterocycles. The molecule has 0 atom stereocenters. The number of carbonyl (C=O) groups is 1. The Morgan fingerprint density at radius 3 is 2.45 bits per heavy atom. The lowest BCUT2D eigenvalue weighted by molar-refractivity contribution is -0.120. The van der Waals surface area contributed by atoms with Gasteiger partial charge in [-0.2, -0.15) is 0 Å². The molecule has 0 radical (unpaired) electrons. The monoisotopic (exact) mass is 461 g/mol. The van der Waals surface area contributed by atoms with Crippen molar-refractivity contribution in [1.82, 2.24) is 4.98 Å². The predicted molar refractivity (Wildman–Crippen MR) is 126 cm³/mol. The van der Waals surface area contributed by atoms with Crippen molar-refractivity contribution >= 4 is 26.7 Å². The molecule has 1 N–H and O–H groups in total. The van der Waals surface area contributed by atoms with Crippen LogP contribution in [0.15, 0.2) is 80.8 Å². The van der Waals surface area contributed by atoms with E-state index in [-0.39, 0.29) is 11.5 Å². The fraction of sp³-hybridized carbons (Fsp3) is 0.231. The summed E-state index contributed by atoms with van der Waals surface area (Å²) in [6.07, 6.45) is 1.87. The number of hydrogen-bond acceptors (Lipinski definition) is 5. The second-order valence-electron chi connectivity index (χ2n) is 8.54. The lowest BCUT2D eigenvalue weighted by Crippen LogP contribution is -2.22. The molecule has 3 aromatic carbocycles. The summed E-state index contributed by atoms with van der Waals surface area (Å²) in [5.41, 5.74) is 4.21. The van der Waals surface area contributed by atoms with Crippen molar-refractivity contribution in [3.63, 3.8) is 0 Å². The van der Waals surface area contributed by atoms with Crippen molar-refractivity contribution in [2.45, 2.75) is 36.5 Å². The predicted octanol–water partition coefficient (Wildman–Crippen LogP) is 4.43. The number of benzene rings is 3. The summed E-state index contributed by atoms with van der Waals surface area (Å²) >= 11 is 0. The Morgan fingerprint density at radius 2 is 1.76 bits per heavy atom. The topological polar surface area (TPSA) is 97.2 Å². The summed E-state index contributed by atoms with van der Waals surface area (Å²) in [5.74, 6) is -0.292. The van der Waals surface area contributed by atoms with E-state index in [1.54, 1.807) is 37.3 Å². The van der Waals surface area contributed by atoms with Gasteiger partial charge in [0, 0.05) is 6.42 Å².